The number of fused-ring (bicyclic) bond motifs is 2. The number of pyridine rings is 1. The standard InChI is InChI=1S/C20H12FN5O2/c21-13-2-1-3-14(9-13)26-18-5-4-15(8-12(18)10-23-26)28-20-24-17-11-22-7-6-16(17)19(27)25-20/h1-11H,(H,24,25,27). The van der Waals surface area contributed by atoms with Crippen molar-refractivity contribution in [2.24, 2.45) is 0 Å². The molecule has 0 fully saturated rings. The maximum absolute atomic E-state index is 13.5. The number of hydrogen-bond acceptors (Lipinski definition) is 6. The molecule has 0 aliphatic heterocycles. The molecule has 5 rings (SSSR count). The molecule has 136 valence electrons. The van der Waals surface area contributed by atoms with Crippen LogP contribution in [0.3, 0.4) is 0 Å². The van der Waals surface area contributed by atoms with Crippen LogP contribution < -0.4 is 4.74 Å². The van der Waals surface area contributed by atoms with E-state index in [-0.39, 0.29) is 17.7 Å². The summed E-state index contributed by atoms with van der Waals surface area (Å²) in [5.74, 6) is -0.0276. The normalized spacial score (nSPS) is 11.2. The van der Waals surface area contributed by atoms with Crippen molar-refractivity contribution in [3.05, 3.63) is 72.9 Å². The highest BCUT2D eigenvalue weighted by Gasteiger charge is 2.11. The average molecular weight is 373 g/mol. The summed E-state index contributed by atoms with van der Waals surface area (Å²) in [4.78, 5) is 12.2. The van der Waals surface area contributed by atoms with Gasteiger partial charge in [-0.25, -0.2) is 9.07 Å². The van der Waals surface area contributed by atoms with E-state index in [9.17, 15) is 9.50 Å². The van der Waals surface area contributed by atoms with Crippen LogP contribution in [-0.2, 0) is 0 Å². The fourth-order valence-corrected chi connectivity index (χ4v) is 2.98. The Morgan fingerprint density at radius 1 is 1.00 bits per heavy atom. The van der Waals surface area contributed by atoms with Crippen LogP contribution in [0.5, 0.6) is 17.6 Å². The average Bonchev–Trinajstić information content (AvgIpc) is 3.11. The highest BCUT2D eigenvalue weighted by Crippen LogP contribution is 2.28. The molecule has 5 aromatic rings. The Labute approximate surface area is 157 Å². The van der Waals surface area contributed by atoms with E-state index in [1.54, 1.807) is 47.4 Å². The fourth-order valence-electron chi connectivity index (χ4n) is 2.98. The van der Waals surface area contributed by atoms with Gasteiger partial charge >= 0.3 is 6.01 Å². The van der Waals surface area contributed by atoms with E-state index in [1.807, 2.05) is 6.07 Å². The fraction of sp³-hybridized carbons (Fsp3) is 0. The van der Waals surface area contributed by atoms with Crippen molar-refractivity contribution >= 4 is 21.8 Å². The van der Waals surface area contributed by atoms with Crippen molar-refractivity contribution in [3.8, 4) is 23.3 Å². The lowest BCUT2D eigenvalue weighted by Gasteiger charge is -2.07. The number of aromatic hydroxyl groups is 1. The third-order valence-electron chi connectivity index (χ3n) is 4.26. The molecule has 8 heteroatoms. The second-order valence-corrected chi connectivity index (χ2v) is 6.08. The van der Waals surface area contributed by atoms with Gasteiger partial charge in [0.15, 0.2) is 0 Å². The number of rotatable bonds is 3. The van der Waals surface area contributed by atoms with Crippen molar-refractivity contribution in [1.29, 1.82) is 0 Å². The lowest BCUT2D eigenvalue weighted by atomic mass is 10.2. The molecule has 28 heavy (non-hydrogen) atoms. The van der Waals surface area contributed by atoms with Crippen LogP contribution >= 0.6 is 0 Å². The molecule has 2 aromatic carbocycles. The van der Waals surface area contributed by atoms with Gasteiger partial charge in [0.05, 0.1) is 34.5 Å². The van der Waals surface area contributed by atoms with E-state index in [4.69, 9.17) is 4.74 Å². The van der Waals surface area contributed by atoms with E-state index in [0.717, 1.165) is 10.9 Å². The lowest BCUT2D eigenvalue weighted by molar-refractivity contribution is 0.412. The van der Waals surface area contributed by atoms with E-state index in [0.29, 0.717) is 22.3 Å². The molecule has 7 nitrogen and oxygen atoms in total. The van der Waals surface area contributed by atoms with Crippen molar-refractivity contribution in [1.82, 2.24) is 24.7 Å². The van der Waals surface area contributed by atoms with Crippen molar-refractivity contribution in [3.63, 3.8) is 0 Å². The molecule has 0 aliphatic carbocycles. The second-order valence-electron chi connectivity index (χ2n) is 6.08. The third-order valence-corrected chi connectivity index (χ3v) is 4.26. The van der Waals surface area contributed by atoms with Crippen LogP contribution in [0.4, 0.5) is 4.39 Å². The van der Waals surface area contributed by atoms with Gasteiger partial charge in [0.2, 0.25) is 5.88 Å². The molecule has 3 aromatic heterocycles. The Kier molecular flexibility index (Phi) is 3.61. The SMILES string of the molecule is Oc1nc(Oc2ccc3c(cnn3-c3cccc(F)c3)c2)nc2cnccc12. The molecule has 0 spiro atoms. The Hall–Kier alpha value is -4.07. The molecule has 0 atom stereocenters. The van der Waals surface area contributed by atoms with Gasteiger partial charge in [0.25, 0.3) is 0 Å². The summed E-state index contributed by atoms with van der Waals surface area (Å²) >= 11 is 0. The molecular formula is C20H12FN5O2. The molecule has 0 bridgehead atoms. The minimum Gasteiger partial charge on any atom is -0.493 e. The molecule has 0 amide bonds. The summed E-state index contributed by atoms with van der Waals surface area (Å²) in [5, 5.41) is 15.7. The van der Waals surface area contributed by atoms with Crippen LogP contribution in [0.2, 0.25) is 0 Å². The first-order chi connectivity index (χ1) is 13.7. The lowest BCUT2D eigenvalue weighted by Crippen LogP contribution is -1.96. The summed E-state index contributed by atoms with van der Waals surface area (Å²) in [5.41, 5.74) is 1.90. The zero-order chi connectivity index (χ0) is 19.1. The van der Waals surface area contributed by atoms with E-state index in [1.165, 1.54) is 18.3 Å². The summed E-state index contributed by atoms with van der Waals surface area (Å²) in [6.45, 7) is 0. The topological polar surface area (TPSA) is 86.0 Å². The Bertz CT molecular complexity index is 1340. The molecule has 0 saturated carbocycles. The second kappa shape index (κ2) is 6.27. The van der Waals surface area contributed by atoms with Gasteiger partial charge in [-0.1, -0.05) is 6.07 Å². The van der Waals surface area contributed by atoms with Crippen molar-refractivity contribution in [2.45, 2.75) is 0 Å². The first kappa shape index (κ1) is 16.1. The predicted molar refractivity (Wildman–Crippen MR) is 100 cm³/mol. The van der Waals surface area contributed by atoms with Gasteiger partial charge in [-0.3, -0.25) is 4.98 Å². The summed E-state index contributed by atoms with van der Waals surface area (Å²) < 4.78 is 20.9. The van der Waals surface area contributed by atoms with Gasteiger partial charge < -0.3 is 9.84 Å². The van der Waals surface area contributed by atoms with Crippen LogP contribution in [0.1, 0.15) is 0 Å². The predicted octanol–water partition coefficient (Wildman–Crippen LogP) is 4.00. The molecule has 1 N–H and O–H groups in total. The highest BCUT2D eigenvalue weighted by atomic mass is 19.1. The number of aromatic nitrogens is 5. The molecule has 0 radical (unpaired) electrons. The maximum atomic E-state index is 13.5. The van der Waals surface area contributed by atoms with Gasteiger partial charge in [0, 0.05) is 11.6 Å². The molecule has 3 heterocycles. The number of benzene rings is 2. The summed E-state index contributed by atoms with van der Waals surface area (Å²) in [6, 6.07) is 13.2. The highest BCUT2D eigenvalue weighted by molar-refractivity contribution is 5.83. The third kappa shape index (κ3) is 2.77. The van der Waals surface area contributed by atoms with Crippen molar-refractivity contribution < 1.29 is 14.2 Å². The Balaban J connectivity index is 1.51. The van der Waals surface area contributed by atoms with E-state index < -0.39 is 0 Å². The van der Waals surface area contributed by atoms with Crippen LogP contribution in [0.15, 0.2) is 67.1 Å². The Morgan fingerprint density at radius 3 is 2.82 bits per heavy atom. The van der Waals surface area contributed by atoms with Crippen LogP contribution in [0, 0.1) is 5.82 Å². The number of hydrogen-bond donors (Lipinski definition) is 1. The number of ether oxygens (including phenoxy) is 1. The monoisotopic (exact) mass is 373 g/mol. The first-order valence-electron chi connectivity index (χ1n) is 8.40. The minimum atomic E-state index is -0.330. The van der Waals surface area contributed by atoms with E-state index >= 15 is 0 Å². The Morgan fingerprint density at radius 2 is 1.93 bits per heavy atom. The molecule has 0 aliphatic rings. The van der Waals surface area contributed by atoms with Gasteiger partial charge in [-0.15, -0.1) is 0 Å². The van der Waals surface area contributed by atoms with E-state index in [2.05, 4.69) is 20.1 Å². The maximum Gasteiger partial charge on any atom is 0.325 e. The van der Waals surface area contributed by atoms with Gasteiger partial charge in [0.1, 0.15) is 11.6 Å². The largest absolute Gasteiger partial charge is 0.493 e. The van der Waals surface area contributed by atoms with Gasteiger partial charge in [-0.05, 0) is 42.5 Å². The number of halogens is 1. The summed E-state index contributed by atoms with van der Waals surface area (Å²) in [6.07, 6.45) is 4.74. The first-order valence-corrected chi connectivity index (χ1v) is 8.40. The summed E-state index contributed by atoms with van der Waals surface area (Å²) in [7, 11) is 0. The zero-order valence-corrected chi connectivity index (χ0v) is 14.3. The zero-order valence-electron chi connectivity index (χ0n) is 14.3. The molecular weight excluding hydrogens is 361 g/mol. The smallest absolute Gasteiger partial charge is 0.325 e. The number of nitrogens with zero attached hydrogens (tertiary/aromatic N) is 5. The molecule has 0 unspecified atom stereocenters. The van der Waals surface area contributed by atoms with Crippen LogP contribution in [0.25, 0.3) is 27.5 Å². The quantitative estimate of drug-likeness (QED) is 0.514. The molecule has 0 saturated heterocycles. The minimum absolute atomic E-state index is 0.00914. The van der Waals surface area contributed by atoms with Crippen LogP contribution in [-0.4, -0.2) is 29.8 Å². The van der Waals surface area contributed by atoms with Gasteiger partial charge in [-0.2, -0.15) is 15.1 Å². The van der Waals surface area contributed by atoms with Crippen molar-refractivity contribution in [2.75, 3.05) is 0 Å².